The van der Waals surface area contributed by atoms with Crippen LogP contribution in [0.4, 0.5) is 8.78 Å². The zero-order valence-corrected chi connectivity index (χ0v) is 16.6. The number of rotatable bonds is 8. The molecule has 0 spiro atoms. The number of aliphatic carboxylic acids is 1. The predicted octanol–water partition coefficient (Wildman–Crippen LogP) is 4.03. The molecule has 3 rings (SSSR count). The number of hydrogen-bond donors (Lipinski definition) is 2. The van der Waals surface area contributed by atoms with Gasteiger partial charge < -0.3 is 15.1 Å². The first-order chi connectivity index (χ1) is 14.8. The van der Waals surface area contributed by atoms with E-state index in [1.54, 1.807) is 0 Å². The van der Waals surface area contributed by atoms with Crippen molar-refractivity contribution in [1.29, 1.82) is 0 Å². The summed E-state index contributed by atoms with van der Waals surface area (Å²) in [6, 6.07) is 9.16. The quantitative estimate of drug-likeness (QED) is 0.286. The Kier molecular flexibility index (Phi) is 6.79. The number of carboxylic acid groups (broad SMARTS) is 1. The lowest BCUT2D eigenvalue weighted by atomic mass is 9.95. The van der Waals surface area contributed by atoms with Gasteiger partial charge in [0.05, 0.1) is 11.6 Å². The molecule has 1 fully saturated rings. The summed E-state index contributed by atoms with van der Waals surface area (Å²) in [5.41, 5.74) is 0.455. The average Bonchev–Trinajstić information content (AvgIpc) is 2.99. The summed E-state index contributed by atoms with van der Waals surface area (Å²) in [5.74, 6) is -4.06. The van der Waals surface area contributed by atoms with Gasteiger partial charge in [-0.3, -0.25) is 14.4 Å². The Hall–Kier alpha value is -3.55. The molecule has 6 nitrogen and oxygen atoms in total. The van der Waals surface area contributed by atoms with E-state index in [9.17, 15) is 28.3 Å². The van der Waals surface area contributed by atoms with Crippen LogP contribution in [-0.4, -0.2) is 39.3 Å². The molecule has 0 aromatic heterocycles. The number of benzene rings is 2. The molecule has 2 N–H and O–H groups in total. The minimum atomic E-state index is -0.940. The summed E-state index contributed by atoms with van der Waals surface area (Å²) in [6.45, 7) is 0.159. The molecule has 1 atom stereocenters. The Morgan fingerprint density at radius 1 is 0.871 bits per heavy atom. The van der Waals surface area contributed by atoms with Gasteiger partial charge in [0.25, 0.3) is 11.7 Å². The Morgan fingerprint density at radius 2 is 1.45 bits per heavy atom. The van der Waals surface area contributed by atoms with Crippen LogP contribution in [0.15, 0.2) is 54.1 Å². The van der Waals surface area contributed by atoms with E-state index < -0.39 is 41.1 Å². The maximum Gasteiger partial charge on any atom is 0.303 e. The number of aliphatic hydroxyl groups is 1. The normalized spacial score (nSPS) is 17.9. The number of ketones is 1. The molecular weight excluding hydrogens is 408 g/mol. The van der Waals surface area contributed by atoms with Gasteiger partial charge in [0.2, 0.25) is 0 Å². The highest BCUT2D eigenvalue weighted by molar-refractivity contribution is 6.46. The van der Waals surface area contributed by atoms with Gasteiger partial charge in [-0.15, -0.1) is 0 Å². The van der Waals surface area contributed by atoms with Crippen LogP contribution >= 0.6 is 0 Å². The standard InChI is InChI=1S/C23H21F2NO5/c24-16-9-5-14(6-10-16)20-19(21(29)15-7-11-17(25)12-8-15)22(30)23(31)26(20)13-3-1-2-4-18(27)28/h5-12,20,29H,1-4,13H2,(H,27,28)/t20-/m1/s1. The van der Waals surface area contributed by atoms with Gasteiger partial charge in [-0.25, -0.2) is 8.78 Å². The van der Waals surface area contributed by atoms with Gasteiger partial charge in [-0.1, -0.05) is 18.6 Å². The third-order valence-corrected chi connectivity index (χ3v) is 5.13. The summed E-state index contributed by atoms with van der Waals surface area (Å²) < 4.78 is 26.7. The molecule has 0 radical (unpaired) electrons. The van der Waals surface area contributed by atoms with Crippen LogP contribution in [0.1, 0.15) is 42.9 Å². The summed E-state index contributed by atoms with van der Waals surface area (Å²) in [7, 11) is 0. The van der Waals surface area contributed by atoms with Gasteiger partial charge in [-0.05, 0) is 54.8 Å². The highest BCUT2D eigenvalue weighted by Gasteiger charge is 2.45. The number of amides is 1. The van der Waals surface area contributed by atoms with E-state index in [4.69, 9.17) is 5.11 Å². The van der Waals surface area contributed by atoms with Crippen LogP contribution in [0.25, 0.3) is 5.76 Å². The largest absolute Gasteiger partial charge is 0.507 e. The van der Waals surface area contributed by atoms with Crippen molar-refractivity contribution in [1.82, 2.24) is 4.90 Å². The molecule has 1 saturated heterocycles. The first kappa shape index (κ1) is 22.1. The molecule has 1 aliphatic heterocycles. The number of aliphatic hydroxyl groups excluding tert-OH is 1. The number of carbonyl (C=O) groups excluding carboxylic acids is 2. The number of nitrogens with zero attached hydrogens (tertiary/aromatic N) is 1. The van der Waals surface area contributed by atoms with Crippen molar-refractivity contribution < 1.29 is 33.4 Å². The Labute approximate surface area is 177 Å². The zero-order chi connectivity index (χ0) is 22.5. The minimum absolute atomic E-state index is 0.00474. The molecular formula is C23H21F2NO5. The molecule has 1 heterocycles. The molecule has 0 unspecified atom stereocenters. The number of halogens is 2. The summed E-state index contributed by atoms with van der Waals surface area (Å²) in [5, 5.41) is 19.5. The molecule has 2 aromatic rings. The number of hydrogen-bond acceptors (Lipinski definition) is 4. The molecule has 0 saturated carbocycles. The van der Waals surface area contributed by atoms with Crippen molar-refractivity contribution in [2.24, 2.45) is 0 Å². The van der Waals surface area contributed by atoms with Crippen molar-refractivity contribution >= 4 is 23.4 Å². The first-order valence-electron chi connectivity index (χ1n) is 9.81. The fraction of sp³-hybridized carbons (Fsp3) is 0.261. The van der Waals surface area contributed by atoms with Crippen molar-refractivity contribution in [2.75, 3.05) is 6.54 Å². The van der Waals surface area contributed by atoms with Gasteiger partial charge in [0.15, 0.2) is 0 Å². The van der Waals surface area contributed by atoms with E-state index >= 15 is 0 Å². The fourth-order valence-electron chi connectivity index (χ4n) is 3.60. The predicted molar refractivity (Wildman–Crippen MR) is 108 cm³/mol. The second kappa shape index (κ2) is 9.51. The Bertz CT molecular complexity index is 1020. The van der Waals surface area contributed by atoms with Gasteiger partial charge in [0, 0.05) is 18.5 Å². The maximum atomic E-state index is 13.4. The number of Topliss-reactive ketones (excluding diaryl/α,β-unsaturated/α-hetero) is 1. The second-order valence-corrected chi connectivity index (χ2v) is 7.26. The second-order valence-electron chi connectivity index (χ2n) is 7.26. The minimum Gasteiger partial charge on any atom is -0.507 e. The number of carboxylic acids is 1. The van der Waals surface area contributed by atoms with Crippen LogP contribution in [0.2, 0.25) is 0 Å². The van der Waals surface area contributed by atoms with Crippen molar-refractivity contribution in [2.45, 2.75) is 31.7 Å². The molecule has 0 bridgehead atoms. The SMILES string of the molecule is O=C(O)CCCCCN1C(=O)C(=O)C(=C(O)c2ccc(F)cc2)[C@H]1c1ccc(F)cc1. The molecule has 0 aliphatic carbocycles. The van der Waals surface area contributed by atoms with Gasteiger partial charge in [-0.2, -0.15) is 0 Å². The lowest BCUT2D eigenvalue weighted by molar-refractivity contribution is -0.140. The van der Waals surface area contributed by atoms with Crippen LogP contribution in [0, 0.1) is 11.6 Å². The van der Waals surface area contributed by atoms with E-state index in [0.717, 1.165) is 12.1 Å². The van der Waals surface area contributed by atoms with E-state index in [-0.39, 0.29) is 24.1 Å². The molecule has 8 heteroatoms. The summed E-state index contributed by atoms with van der Waals surface area (Å²) in [4.78, 5) is 37.5. The third kappa shape index (κ3) is 4.96. The average molecular weight is 429 g/mol. The highest BCUT2D eigenvalue weighted by Crippen LogP contribution is 2.39. The zero-order valence-electron chi connectivity index (χ0n) is 16.6. The van der Waals surface area contributed by atoms with E-state index in [1.165, 1.54) is 41.3 Å². The smallest absolute Gasteiger partial charge is 0.303 e. The number of carbonyl (C=O) groups is 3. The van der Waals surface area contributed by atoms with Crippen LogP contribution in [0.5, 0.6) is 0 Å². The Morgan fingerprint density at radius 3 is 2.03 bits per heavy atom. The number of likely N-dealkylation sites (tertiary alicyclic amines) is 1. The molecule has 31 heavy (non-hydrogen) atoms. The maximum absolute atomic E-state index is 13.4. The molecule has 162 valence electrons. The van der Waals surface area contributed by atoms with Crippen LogP contribution < -0.4 is 0 Å². The van der Waals surface area contributed by atoms with Gasteiger partial charge in [0.1, 0.15) is 17.4 Å². The van der Waals surface area contributed by atoms with E-state index in [1.807, 2.05) is 0 Å². The summed E-state index contributed by atoms with van der Waals surface area (Å²) in [6.07, 6.45) is 1.42. The van der Waals surface area contributed by atoms with Crippen LogP contribution in [-0.2, 0) is 14.4 Å². The van der Waals surface area contributed by atoms with Crippen molar-refractivity contribution in [3.63, 3.8) is 0 Å². The van der Waals surface area contributed by atoms with E-state index in [0.29, 0.717) is 24.8 Å². The third-order valence-electron chi connectivity index (χ3n) is 5.13. The lowest BCUT2D eigenvalue weighted by Crippen LogP contribution is -2.30. The fourth-order valence-corrected chi connectivity index (χ4v) is 3.60. The molecule has 1 aliphatic rings. The van der Waals surface area contributed by atoms with Crippen molar-refractivity contribution in [3.8, 4) is 0 Å². The Balaban J connectivity index is 1.96. The van der Waals surface area contributed by atoms with Gasteiger partial charge >= 0.3 is 5.97 Å². The van der Waals surface area contributed by atoms with E-state index in [2.05, 4.69) is 0 Å². The van der Waals surface area contributed by atoms with Crippen LogP contribution in [0.3, 0.4) is 0 Å². The topological polar surface area (TPSA) is 94.9 Å². The summed E-state index contributed by atoms with van der Waals surface area (Å²) >= 11 is 0. The monoisotopic (exact) mass is 429 g/mol. The lowest BCUT2D eigenvalue weighted by Gasteiger charge is -2.25. The molecule has 2 aromatic carbocycles. The molecule has 1 amide bonds. The van der Waals surface area contributed by atoms with Crippen molar-refractivity contribution in [3.05, 3.63) is 76.9 Å². The first-order valence-corrected chi connectivity index (χ1v) is 9.81. The highest BCUT2D eigenvalue weighted by atomic mass is 19.1. The number of unbranched alkanes of at least 4 members (excludes halogenated alkanes) is 2.